The molecule has 0 bridgehead atoms. The second kappa shape index (κ2) is 3.47. The van der Waals surface area contributed by atoms with E-state index in [2.05, 4.69) is 5.32 Å². The summed E-state index contributed by atoms with van der Waals surface area (Å²) in [5.74, 6) is 0.168. The van der Waals surface area contributed by atoms with Crippen molar-refractivity contribution >= 4 is 17.2 Å². The fourth-order valence-electron chi connectivity index (χ4n) is 1.38. The zero-order valence-corrected chi connectivity index (χ0v) is 8.30. The van der Waals surface area contributed by atoms with Crippen LogP contribution in [0.25, 0.3) is 0 Å². The van der Waals surface area contributed by atoms with Gasteiger partial charge in [-0.3, -0.25) is 4.79 Å². The van der Waals surface area contributed by atoms with Crippen molar-refractivity contribution in [2.75, 3.05) is 20.1 Å². The first-order valence-corrected chi connectivity index (χ1v) is 5.19. The van der Waals surface area contributed by atoms with Gasteiger partial charge in [-0.25, -0.2) is 0 Å². The Morgan fingerprint density at radius 1 is 1.69 bits per heavy atom. The Morgan fingerprint density at radius 3 is 3.00 bits per heavy atom. The number of rotatable bonds is 2. The number of likely N-dealkylation sites (N-methyl/N-ethyl adjacent to an activating group) is 1. The molecule has 70 valence electrons. The van der Waals surface area contributed by atoms with Gasteiger partial charge in [-0.2, -0.15) is 0 Å². The Bertz CT molecular complexity index is 291. The van der Waals surface area contributed by atoms with Crippen molar-refractivity contribution in [2.24, 2.45) is 0 Å². The van der Waals surface area contributed by atoms with Crippen molar-refractivity contribution in [3.8, 4) is 0 Å². The number of amides is 1. The fourth-order valence-corrected chi connectivity index (χ4v) is 2.07. The third-order valence-corrected chi connectivity index (χ3v) is 3.17. The molecule has 0 atom stereocenters. The van der Waals surface area contributed by atoms with E-state index in [-0.39, 0.29) is 5.91 Å². The largest absolute Gasteiger partial charge is 0.335 e. The normalized spacial score (nSPS) is 17.2. The summed E-state index contributed by atoms with van der Waals surface area (Å²) in [5.41, 5.74) is 0. The highest BCUT2D eigenvalue weighted by atomic mass is 32.1. The second-order valence-electron chi connectivity index (χ2n) is 3.17. The molecule has 1 aromatic rings. The van der Waals surface area contributed by atoms with Crippen LogP contribution in [-0.4, -0.2) is 37.0 Å². The van der Waals surface area contributed by atoms with E-state index in [0.29, 0.717) is 6.04 Å². The predicted octanol–water partition coefficient (Wildman–Crippen LogP) is 0.792. The minimum Gasteiger partial charge on any atom is -0.335 e. The summed E-state index contributed by atoms with van der Waals surface area (Å²) >= 11 is 1.51. The number of nitrogens with one attached hydrogen (secondary N) is 1. The first-order chi connectivity index (χ1) is 6.31. The van der Waals surface area contributed by atoms with E-state index in [1.54, 1.807) is 0 Å². The first kappa shape index (κ1) is 8.72. The molecule has 0 spiro atoms. The van der Waals surface area contributed by atoms with E-state index in [4.69, 9.17) is 0 Å². The summed E-state index contributed by atoms with van der Waals surface area (Å²) in [5, 5.41) is 5.07. The summed E-state index contributed by atoms with van der Waals surface area (Å²) in [6, 6.07) is 4.27. The number of hydrogen-bond acceptors (Lipinski definition) is 3. The average Bonchev–Trinajstić information content (AvgIpc) is 2.53. The maximum Gasteiger partial charge on any atom is 0.264 e. The highest BCUT2D eigenvalue weighted by molar-refractivity contribution is 7.12. The lowest BCUT2D eigenvalue weighted by molar-refractivity contribution is 0.0582. The SMILES string of the molecule is CNC1CN(C(=O)c2cccs2)C1. The van der Waals surface area contributed by atoms with Gasteiger partial charge in [-0.1, -0.05) is 6.07 Å². The maximum absolute atomic E-state index is 11.7. The van der Waals surface area contributed by atoms with Crippen molar-refractivity contribution < 1.29 is 4.79 Å². The third-order valence-electron chi connectivity index (χ3n) is 2.31. The highest BCUT2D eigenvalue weighted by Gasteiger charge is 2.30. The van der Waals surface area contributed by atoms with Crippen molar-refractivity contribution in [2.45, 2.75) is 6.04 Å². The Morgan fingerprint density at radius 2 is 2.46 bits per heavy atom. The van der Waals surface area contributed by atoms with Gasteiger partial charge in [0.25, 0.3) is 5.91 Å². The van der Waals surface area contributed by atoms with Crippen LogP contribution in [0, 0.1) is 0 Å². The van der Waals surface area contributed by atoms with Crippen LogP contribution in [0.15, 0.2) is 17.5 Å². The number of carbonyl (C=O) groups excluding carboxylic acids is 1. The van der Waals surface area contributed by atoms with Gasteiger partial charge in [-0.15, -0.1) is 11.3 Å². The quantitative estimate of drug-likeness (QED) is 0.758. The van der Waals surface area contributed by atoms with E-state index < -0.39 is 0 Å². The average molecular weight is 196 g/mol. The number of thiophene rings is 1. The molecule has 1 saturated heterocycles. The van der Waals surface area contributed by atoms with Gasteiger partial charge in [0.1, 0.15) is 0 Å². The van der Waals surface area contributed by atoms with E-state index in [0.717, 1.165) is 18.0 Å². The van der Waals surface area contributed by atoms with Crippen LogP contribution in [0.3, 0.4) is 0 Å². The molecule has 0 aliphatic carbocycles. The van der Waals surface area contributed by atoms with E-state index in [1.807, 2.05) is 29.5 Å². The number of carbonyl (C=O) groups is 1. The van der Waals surface area contributed by atoms with Crippen LogP contribution in [0.5, 0.6) is 0 Å². The van der Waals surface area contributed by atoms with Crippen LogP contribution >= 0.6 is 11.3 Å². The molecule has 1 aliphatic rings. The molecule has 0 saturated carbocycles. The Labute approximate surface area is 81.4 Å². The molecule has 3 nitrogen and oxygen atoms in total. The summed E-state index contributed by atoms with van der Waals surface area (Å²) in [7, 11) is 1.93. The van der Waals surface area contributed by atoms with Gasteiger partial charge in [0.15, 0.2) is 0 Å². The molecule has 0 unspecified atom stereocenters. The zero-order valence-electron chi connectivity index (χ0n) is 7.49. The topological polar surface area (TPSA) is 32.3 Å². The first-order valence-electron chi connectivity index (χ1n) is 4.31. The van der Waals surface area contributed by atoms with Crippen LogP contribution in [0.1, 0.15) is 9.67 Å². The molecule has 0 radical (unpaired) electrons. The number of hydrogen-bond donors (Lipinski definition) is 1. The smallest absolute Gasteiger partial charge is 0.264 e. The van der Waals surface area contributed by atoms with E-state index in [1.165, 1.54) is 11.3 Å². The molecule has 1 N–H and O–H groups in total. The van der Waals surface area contributed by atoms with Crippen molar-refractivity contribution in [3.05, 3.63) is 22.4 Å². The lowest BCUT2D eigenvalue weighted by Gasteiger charge is -2.38. The summed E-state index contributed by atoms with van der Waals surface area (Å²) in [6.45, 7) is 1.68. The van der Waals surface area contributed by atoms with Gasteiger partial charge >= 0.3 is 0 Å². The van der Waals surface area contributed by atoms with E-state index >= 15 is 0 Å². The standard InChI is InChI=1S/C9H12N2OS/c1-10-7-5-11(6-7)9(12)8-3-2-4-13-8/h2-4,7,10H,5-6H2,1H3. The zero-order chi connectivity index (χ0) is 9.26. The van der Waals surface area contributed by atoms with Gasteiger partial charge in [0.2, 0.25) is 0 Å². The minimum atomic E-state index is 0.168. The Balaban J connectivity index is 1.94. The lowest BCUT2D eigenvalue weighted by atomic mass is 10.1. The van der Waals surface area contributed by atoms with Crippen LogP contribution in [-0.2, 0) is 0 Å². The fraction of sp³-hybridized carbons (Fsp3) is 0.444. The number of likely N-dealkylation sites (tertiary alicyclic amines) is 1. The molecular formula is C9H12N2OS. The van der Waals surface area contributed by atoms with Crippen LogP contribution in [0.4, 0.5) is 0 Å². The number of nitrogens with zero attached hydrogens (tertiary/aromatic N) is 1. The van der Waals surface area contributed by atoms with Crippen molar-refractivity contribution in [3.63, 3.8) is 0 Å². The molecular weight excluding hydrogens is 184 g/mol. The van der Waals surface area contributed by atoms with Crippen LogP contribution in [0.2, 0.25) is 0 Å². The minimum absolute atomic E-state index is 0.168. The van der Waals surface area contributed by atoms with Gasteiger partial charge < -0.3 is 10.2 Å². The molecule has 13 heavy (non-hydrogen) atoms. The molecule has 2 rings (SSSR count). The van der Waals surface area contributed by atoms with Gasteiger partial charge in [0.05, 0.1) is 4.88 Å². The van der Waals surface area contributed by atoms with Gasteiger partial charge in [-0.05, 0) is 18.5 Å². The van der Waals surface area contributed by atoms with Crippen molar-refractivity contribution in [1.29, 1.82) is 0 Å². The van der Waals surface area contributed by atoms with E-state index in [9.17, 15) is 4.79 Å². The molecule has 1 fully saturated rings. The summed E-state index contributed by atoms with van der Waals surface area (Å²) in [4.78, 5) is 14.4. The third kappa shape index (κ3) is 1.59. The highest BCUT2D eigenvalue weighted by Crippen LogP contribution is 2.16. The predicted molar refractivity (Wildman–Crippen MR) is 53.1 cm³/mol. The second-order valence-corrected chi connectivity index (χ2v) is 4.12. The molecule has 2 heterocycles. The monoisotopic (exact) mass is 196 g/mol. The van der Waals surface area contributed by atoms with Gasteiger partial charge in [0, 0.05) is 19.1 Å². The summed E-state index contributed by atoms with van der Waals surface area (Å²) in [6.07, 6.45) is 0. The molecule has 1 aromatic heterocycles. The Hall–Kier alpha value is -0.870. The molecule has 1 amide bonds. The maximum atomic E-state index is 11.7. The molecule has 0 aromatic carbocycles. The van der Waals surface area contributed by atoms with Crippen LogP contribution < -0.4 is 5.32 Å². The molecule has 1 aliphatic heterocycles. The lowest BCUT2D eigenvalue weighted by Crippen LogP contribution is -2.58. The Kier molecular flexibility index (Phi) is 2.33. The molecule has 4 heteroatoms. The van der Waals surface area contributed by atoms with Crippen molar-refractivity contribution in [1.82, 2.24) is 10.2 Å². The summed E-state index contributed by atoms with van der Waals surface area (Å²) < 4.78 is 0.